The minimum atomic E-state index is -0.00711. The summed E-state index contributed by atoms with van der Waals surface area (Å²) in [6.45, 7) is 2.24. The minimum absolute atomic E-state index is 0.00711. The topological polar surface area (TPSA) is 48.1 Å². The molecule has 0 amide bonds. The van der Waals surface area contributed by atoms with Gasteiger partial charge < -0.3 is 10.5 Å². The van der Waals surface area contributed by atoms with Crippen LogP contribution in [0.3, 0.4) is 0 Å². The van der Waals surface area contributed by atoms with Crippen LogP contribution in [0.1, 0.15) is 63.6 Å². The molecule has 18 heavy (non-hydrogen) atoms. The molecule has 0 radical (unpaired) electrons. The van der Waals surface area contributed by atoms with Gasteiger partial charge in [-0.05, 0) is 18.6 Å². The molecule has 3 nitrogen and oxygen atoms in total. The molecular formula is C15H26N2O. The van der Waals surface area contributed by atoms with Crippen molar-refractivity contribution in [3.63, 3.8) is 0 Å². The van der Waals surface area contributed by atoms with Crippen molar-refractivity contribution >= 4 is 0 Å². The van der Waals surface area contributed by atoms with Crippen LogP contribution in [0.4, 0.5) is 0 Å². The van der Waals surface area contributed by atoms with E-state index in [1.165, 1.54) is 38.5 Å². The summed E-state index contributed by atoms with van der Waals surface area (Å²) >= 11 is 0. The highest BCUT2D eigenvalue weighted by Crippen LogP contribution is 2.24. The maximum atomic E-state index is 6.17. The quantitative estimate of drug-likeness (QED) is 0.677. The van der Waals surface area contributed by atoms with Crippen molar-refractivity contribution in [3.05, 3.63) is 24.0 Å². The zero-order valence-corrected chi connectivity index (χ0v) is 11.7. The molecule has 3 heteroatoms. The van der Waals surface area contributed by atoms with Gasteiger partial charge in [-0.2, -0.15) is 0 Å². The Kier molecular flexibility index (Phi) is 7.42. The predicted molar refractivity (Wildman–Crippen MR) is 75.7 cm³/mol. The Hall–Kier alpha value is -1.09. The average molecular weight is 250 g/mol. The Morgan fingerprint density at radius 2 is 1.94 bits per heavy atom. The molecule has 1 atom stereocenters. The van der Waals surface area contributed by atoms with E-state index < -0.39 is 0 Å². The van der Waals surface area contributed by atoms with Crippen LogP contribution in [0.2, 0.25) is 0 Å². The third-order valence-electron chi connectivity index (χ3n) is 3.24. The van der Waals surface area contributed by atoms with Gasteiger partial charge in [0.1, 0.15) is 5.75 Å². The lowest BCUT2D eigenvalue weighted by Crippen LogP contribution is -2.13. The molecule has 0 bridgehead atoms. The van der Waals surface area contributed by atoms with Gasteiger partial charge in [-0.1, -0.05) is 45.4 Å². The van der Waals surface area contributed by atoms with Crippen molar-refractivity contribution in [3.8, 4) is 5.75 Å². The van der Waals surface area contributed by atoms with Crippen LogP contribution < -0.4 is 10.5 Å². The molecule has 0 aliphatic carbocycles. The van der Waals surface area contributed by atoms with E-state index in [4.69, 9.17) is 10.5 Å². The van der Waals surface area contributed by atoms with E-state index in [0.717, 1.165) is 17.9 Å². The summed E-state index contributed by atoms with van der Waals surface area (Å²) in [5, 5.41) is 0. The first kappa shape index (κ1) is 15.0. The fourth-order valence-electron chi connectivity index (χ4n) is 2.14. The first-order valence-electron chi connectivity index (χ1n) is 7.04. The van der Waals surface area contributed by atoms with Gasteiger partial charge in [-0.15, -0.1) is 0 Å². The van der Waals surface area contributed by atoms with Crippen molar-refractivity contribution < 1.29 is 4.74 Å². The summed E-state index contributed by atoms with van der Waals surface area (Å²) < 4.78 is 5.28. The monoisotopic (exact) mass is 250 g/mol. The molecule has 0 fully saturated rings. The van der Waals surface area contributed by atoms with E-state index in [1.807, 2.05) is 12.1 Å². The Bertz CT molecular complexity index is 328. The molecule has 2 N–H and O–H groups in total. The molecule has 1 rings (SSSR count). The largest absolute Gasteiger partial charge is 0.495 e. The third kappa shape index (κ3) is 5.05. The molecule has 1 aromatic heterocycles. The lowest BCUT2D eigenvalue weighted by Gasteiger charge is -2.14. The molecule has 1 unspecified atom stereocenters. The van der Waals surface area contributed by atoms with Crippen molar-refractivity contribution in [1.29, 1.82) is 0 Å². The van der Waals surface area contributed by atoms with Gasteiger partial charge in [0.2, 0.25) is 0 Å². The fourth-order valence-corrected chi connectivity index (χ4v) is 2.14. The number of hydrogen-bond acceptors (Lipinski definition) is 3. The Balaban J connectivity index is 2.29. The second kappa shape index (κ2) is 8.92. The first-order chi connectivity index (χ1) is 8.79. The van der Waals surface area contributed by atoms with Gasteiger partial charge >= 0.3 is 0 Å². The highest BCUT2D eigenvalue weighted by molar-refractivity contribution is 5.29. The van der Waals surface area contributed by atoms with E-state index in [1.54, 1.807) is 13.3 Å². The van der Waals surface area contributed by atoms with Gasteiger partial charge in [-0.25, -0.2) is 0 Å². The predicted octanol–water partition coefficient (Wildman–Crippen LogP) is 3.84. The van der Waals surface area contributed by atoms with Crippen LogP contribution in [0.15, 0.2) is 18.3 Å². The molecule has 1 aromatic rings. The van der Waals surface area contributed by atoms with Crippen LogP contribution in [0.5, 0.6) is 5.75 Å². The standard InChI is InChI=1S/C15H26N2O/c1-3-4-5-6-7-8-10-13(16)15-14(18-2)11-9-12-17-15/h9,11-13H,3-8,10,16H2,1-2H3. The molecular weight excluding hydrogens is 224 g/mol. The van der Waals surface area contributed by atoms with E-state index in [2.05, 4.69) is 11.9 Å². The number of ether oxygens (including phenoxy) is 1. The van der Waals surface area contributed by atoms with Gasteiger partial charge in [0, 0.05) is 6.20 Å². The highest BCUT2D eigenvalue weighted by Gasteiger charge is 2.12. The fraction of sp³-hybridized carbons (Fsp3) is 0.667. The van der Waals surface area contributed by atoms with Crippen LogP contribution in [-0.4, -0.2) is 12.1 Å². The minimum Gasteiger partial charge on any atom is -0.495 e. The Morgan fingerprint density at radius 1 is 1.22 bits per heavy atom. The molecule has 0 aliphatic heterocycles. The first-order valence-corrected chi connectivity index (χ1v) is 7.04. The van der Waals surface area contributed by atoms with E-state index in [0.29, 0.717) is 0 Å². The number of hydrogen-bond donors (Lipinski definition) is 1. The summed E-state index contributed by atoms with van der Waals surface area (Å²) in [5.41, 5.74) is 7.05. The molecule has 0 saturated carbocycles. The van der Waals surface area contributed by atoms with Crippen molar-refractivity contribution in [2.24, 2.45) is 5.73 Å². The maximum Gasteiger partial charge on any atom is 0.141 e. The second-order valence-electron chi connectivity index (χ2n) is 4.75. The summed E-state index contributed by atoms with van der Waals surface area (Å²) in [6, 6.07) is 3.79. The van der Waals surface area contributed by atoms with Gasteiger partial charge in [-0.3, -0.25) is 4.98 Å². The number of methoxy groups -OCH3 is 1. The number of aromatic nitrogens is 1. The Labute approximate surface area is 111 Å². The summed E-state index contributed by atoms with van der Waals surface area (Å²) in [6.07, 6.45) is 10.5. The molecule has 0 aliphatic rings. The maximum absolute atomic E-state index is 6.17. The zero-order chi connectivity index (χ0) is 13.2. The van der Waals surface area contributed by atoms with Crippen molar-refractivity contribution in [2.75, 3.05) is 7.11 Å². The van der Waals surface area contributed by atoms with Crippen molar-refractivity contribution in [2.45, 2.75) is 57.9 Å². The molecule has 102 valence electrons. The van der Waals surface area contributed by atoms with E-state index >= 15 is 0 Å². The van der Waals surface area contributed by atoms with Gasteiger partial charge in [0.25, 0.3) is 0 Å². The van der Waals surface area contributed by atoms with Gasteiger partial charge in [0.05, 0.1) is 18.8 Å². The zero-order valence-electron chi connectivity index (χ0n) is 11.7. The number of unbranched alkanes of at least 4 members (excludes halogenated alkanes) is 5. The summed E-state index contributed by atoms with van der Waals surface area (Å²) in [4.78, 5) is 4.33. The van der Waals surface area contributed by atoms with Crippen molar-refractivity contribution in [1.82, 2.24) is 4.98 Å². The van der Waals surface area contributed by atoms with E-state index in [-0.39, 0.29) is 6.04 Å². The molecule has 1 heterocycles. The normalized spacial score (nSPS) is 12.4. The average Bonchev–Trinajstić information content (AvgIpc) is 2.42. The third-order valence-corrected chi connectivity index (χ3v) is 3.24. The highest BCUT2D eigenvalue weighted by atomic mass is 16.5. The lowest BCUT2D eigenvalue weighted by molar-refractivity contribution is 0.398. The Morgan fingerprint density at radius 3 is 2.67 bits per heavy atom. The summed E-state index contributed by atoms with van der Waals surface area (Å²) in [5.74, 6) is 0.802. The van der Waals surface area contributed by atoms with E-state index in [9.17, 15) is 0 Å². The number of rotatable bonds is 9. The summed E-state index contributed by atoms with van der Waals surface area (Å²) in [7, 11) is 1.66. The SMILES string of the molecule is CCCCCCCCC(N)c1ncccc1OC. The van der Waals surface area contributed by atoms with Crippen LogP contribution >= 0.6 is 0 Å². The number of nitrogens with two attached hydrogens (primary N) is 1. The number of nitrogens with zero attached hydrogens (tertiary/aromatic N) is 1. The lowest BCUT2D eigenvalue weighted by atomic mass is 10.0. The smallest absolute Gasteiger partial charge is 0.141 e. The van der Waals surface area contributed by atoms with Crippen LogP contribution in [0, 0.1) is 0 Å². The van der Waals surface area contributed by atoms with Crippen LogP contribution in [-0.2, 0) is 0 Å². The van der Waals surface area contributed by atoms with Crippen LogP contribution in [0.25, 0.3) is 0 Å². The second-order valence-corrected chi connectivity index (χ2v) is 4.75. The molecule has 0 saturated heterocycles. The number of pyridine rings is 1. The van der Waals surface area contributed by atoms with Gasteiger partial charge in [0.15, 0.2) is 0 Å². The molecule has 0 spiro atoms. The molecule has 0 aromatic carbocycles.